The van der Waals surface area contributed by atoms with Crippen molar-refractivity contribution in [2.24, 2.45) is 0 Å². The van der Waals surface area contributed by atoms with E-state index in [1.807, 2.05) is 13.8 Å². The third-order valence-corrected chi connectivity index (χ3v) is 3.74. The van der Waals surface area contributed by atoms with Gasteiger partial charge in [-0.3, -0.25) is 4.79 Å². The maximum Gasteiger partial charge on any atom is 0.248 e. The summed E-state index contributed by atoms with van der Waals surface area (Å²) in [5.41, 5.74) is 2.12. The van der Waals surface area contributed by atoms with Crippen LogP contribution >= 0.6 is 0 Å². The van der Waals surface area contributed by atoms with Gasteiger partial charge >= 0.3 is 0 Å². The van der Waals surface area contributed by atoms with E-state index in [-0.39, 0.29) is 5.91 Å². The molecule has 0 radical (unpaired) electrons. The molecule has 0 saturated carbocycles. The average molecular weight is 328 g/mol. The summed E-state index contributed by atoms with van der Waals surface area (Å²) in [6, 6.07) is 3.55. The summed E-state index contributed by atoms with van der Waals surface area (Å²) in [6.45, 7) is 6.64. The Kier molecular flexibility index (Phi) is 4.90. The van der Waals surface area contributed by atoms with Crippen molar-refractivity contribution in [3.05, 3.63) is 41.6 Å². The number of morpholine rings is 1. The first-order valence-electron chi connectivity index (χ1n) is 7.84. The monoisotopic (exact) mass is 328 g/mol. The predicted octanol–water partition coefficient (Wildman–Crippen LogP) is 2.17. The number of hydrogen-bond acceptors (Lipinski definition) is 6. The Morgan fingerprint density at radius 1 is 1.25 bits per heavy atom. The Balaban J connectivity index is 1.72. The topological polar surface area (TPSA) is 80.5 Å². The Labute approximate surface area is 140 Å². The van der Waals surface area contributed by atoms with Gasteiger partial charge in [-0.2, -0.15) is 0 Å². The molecule has 1 saturated heterocycles. The molecule has 0 spiro atoms. The number of aryl methyl sites for hydroxylation is 2. The van der Waals surface area contributed by atoms with Gasteiger partial charge < -0.3 is 19.4 Å². The maximum absolute atomic E-state index is 12.1. The Bertz CT molecular complexity index is 711. The van der Waals surface area contributed by atoms with Gasteiger partial charge in [0.1, 0.15) is 5.76 Å². The highest BCUT2D eigenvalue weighted by Gasteiger charge is 2.17. The molecule has 1 amide bonds. The number of carbonyl (C=O) groups is 1. The smallest absolute Gasteiger partial charge is 0.248 e. The zero-order valence-corrected chi connectivity index (χ0v) is 13.8. The van der Waals surface area contributed by atoms with E-state index in [2.05, 4.69) is 20.2 Å². The Morgan fingerprint density at radius 2 is 1.96 bits per heavy atom. The number of nitrogens with one attached hydrogen (secondary N) is 1. The van der Waals surface area contributed by atoms with Crippen LogP contribution in [-0.4, -0.2) is 42.2 Å². The van der Waals surface area contributed by atoms with Crippen LogP contribution in [0.25, 0.3) is 6.08 Å². The van der Waals surface area contributed by atoms with Crippen LogP contribution in [0.2, 0.25) is 0 Å². The quantitative estimate of drug-likeness (QED) is 0.867. The first-order valence-corrected chi connectivity index (χ1v) is 7.84. The van der Waals surface area contributed by atoms with Crippen LogP contribution in [0, 0.1) is 13.8 Å². The third-order valence-electron chi connectivity index (χ3n) is 3.74. The molecule has 1 fully saturated rings. The summed E-state index contributed by atoms with van der Waals surface area (Å²) < 4.78 is 10.5. The first-order chi connectivity index (χ1) is 11.6. The third kappa shape index (κ3) is 3.80. The van der Waals surface area contributed by atoms with Gasteiger partial charge in [-0.25, -0.2) is 9.97 Å². The van der Waals surface area contributed by atoms with Crippen LogP contribution in [0.5, 0.6) is 0 Å². The zero-order valence-electron chi connectivity index (χ0n) is 13.8. The van der Waals surface area contributed by atoms with Crippen LogP contribution in [0.3, 0.4) is 0 Å². The highest BCUT2D eigenvalue weighted by atomic mass is 16.5. The molecule has 0 aliphatic carbocycles. The standard InChI is InChI=1S/C17H20N4O3/c1-12-16(20-15(22)6-5-14-4-3-9-24-14)13(2)19-17(18-12)21-7-10-23-11-8-21/h3-6,9H,7-8,10-11H2,1-2H3,(H,20,22)/b6-5+. The minimum absolute atomic E-state index is 0.250. The molecule has 2 aromatic rings. The molecule has 24 heavy (non-hydrogen) atoms. The van der Waals surface area contributed by atoms with Crippen LogP contribution in [0.1, 0.15) is 17.1 Å². The van der Waals surface area contributed by atoms with Crippen molar-refractivity contribution in [2.45, 2.75) is 13.8 Å². The van der Waals surface area contributed by atoms with E-state index < -0.39 is 0 Å². The highest BCUT2D eigenvalue weighted by molar-refractivity contribution is 6.02. The van der Waals surface area contributed by atoms with Crippen LogP contribution in [0.15, 0.2) is 28.9 Å². The minimum atomic E-state index is -0.250. The van der Waals surface area contributed by atoms with E-state index in [4.69, 9.17) is 9.15 Å². The van der Waals surface area contributed by atoms with E-state index in [9.17, 15) is 4.79 Å². The fourth-order valence-corrected chi connectivity index (χ4v) is 2.49. The second-order valence-corrected chi connectivity index (χ2v) is 5.51. The number of rotatable bonds is 4. The van der Waals surface area contributed by atoms with Crippen molar-refractivity contribution in [3.8, 4) is 0 Å². The molecule has 0 atom stereocenters. The SMILES string of the molecule is Cc1nc(N2CCOCC2)nc(C)c1NC(=O)/C=C/c1ccco1. The molecule has 2 aromatic heterocycles. The van der Waals surface area contributed by atoms with E-state index in [1.54, 1.807) is 24.5 Å². The predicted molar refractivity (Wildman–Crippen MR) is 90.9 cm³/mol. The fraction of sp³-hybridized carbons (Fsp3) is 0.353. The normalized spacial score (nSPS) is 15.0. The molecule has 0 aromatic carbocycles. The number of nitrogens with zero attached hydrogens (tertiary/aromatic N) is 3. The summed E-state index contributed by atoms with van der Waals surface area (Å²) >= 11 is 0. The zero-order chi connectivity index (χ0) is 16.9. The van der Waals surface area contributed by atoms with Gasteiger partial charge in [0.25, 0.3) is 0 Å². The second-order valence-electron chi connectivity index (χ2n) is 5.51. The van der Waals surface area contributed by atoms with Gasteiger partial charge in [0, 0.05) is 19.2 Å². The average Bonchev–Trinajstić information content (AvgIpc) is 3.10. The van der Waals surface area contributed by atoms with Gasteiger partial charge in [-0.15, -0.1) is 0 Å². The van der Waals surface area contributed by atoms with Crippen molar-refractivity contribution < 1.29 is 13.9 Å². The summed E-state index contributed by atoms with van der Waals surface area (Å²) in [7, 11) is 0. The van der Waals surface area contributed by atoms with Crippen molar-refractivity contribution >= 4 is 23.6 Å². The van der Waals surface area contributed by atoms with Crippen molar-refractivity contribution in [2.75, 3.05) is 36.5 Å². The lowest BCUT2D eigenvalue weighted by atomic mass is 10.2. The molecule has 3 rings (SSSR count). The fourth-order valence-electron chi connectivity index (χ4n) is 2.49. The van der Waals surface area contributed by atoms with Gasteiger partial charge in [-0.1, -0.05) is 0 Å². The number of hydrogen-bond donors (Lipinski definition) is 1. The molecule has 1 aliphatic heterocycles. The summed E-state index contributed by atoms with van der Waals surface area (Å²) in [4.78, 5) is 23.2. The number of amides is 1. The van der Waals surface area contributed by atoms with E-state index in [1.165, 1.54) is 6.08 Å². The number of furan rings is 1. The number of anilines is 2. The number of carbonyl (C=O) groups excluding carboxylic acids is 1. The molecule has 0 unspecified atom stereocenters. The number of ether oxygens (including phenoxy) is 1. The molecule has 7 heteroatoms. The van der Waals surface area contributed by atoms with Crippen molar-refractivity contribution in [3.63, 3.8) is 0 Å². The van der Waals surface area contributed by atoms with Crippen molar-refractivity contribution in [1.29, 1.82) is 0 Å². The Morgan fingerprint density at radius 3 is 2.58 bits per heavy atom. The maximum atomic E-state index is 12.1. The van der Waals surface area contributed by atoms with E-state index in [0.717, 1.165) is 24.5 Å². The molecule has 3 heterocycles. The van der Waals surface area contributed by atoms with Crippen molar-refractivity contribution in [1.82, 2.24) is 9.97 Å². The summed E-state index contributed by atoms with van der Waals surface area (Å²) in [6.07, 6.45) is 4.60. The van der Waals surface area contributed by atoms with E-state index in [0.29, 0.717) is 30.6 Å². The van der Waals surface area contributed by atoms with Gasteiger partial charge in [0.15, 0.2) is 0 Å². The molecule has 1 aliphatic rings. The number of aromatic nitrogens is 2. The lowest BCUT2D eigenvalue weighted by Crippen LogP contribution is -2.37. The largest absolute Gasteiger partial charge is 0.465 e. The molecular formula is C17H20N4O3. The molecule has 7 nitrogen and oxygen atoms in total. The second kappa shape index (κ2) is 7.27. The molecule has 0 bridgehead atoms. The molecular weight excluding hydrogens is 308 g/mol. The molecule has 1 N–H and O–H groups in total. The van der Waals surface area contributed by atoms with Gasteiger partial charge in [0.2, 0.25) is 11.9 Å². The van der Waals surface area contributed by atoms with E-state index >= 15 is 0 Å². The molecule has 126 valence electrons. The summed E-state index contributed by atoms with van der Waals surface area (Å²) in [5, 5.41) is 2.84. The van der Waals surface area contributed by atoms with Crippen LogP contribution in [0.4, 0.5) is 11.6 Å². The lowest BCUT2D eigenvalue weighted by molar-refractivity contribution is -0.111. The highest BCUT2D eigenvalue weighted by Crippen LogP contribution is 2.21. The minimum Gasteiger partial charge on any atom is -0.465 e. The first kappa shape index (κ1) is 16.2. The van der Waals surface area contributed by atoms with Crippen LogP contribution < -0.4 is 10.2 Å². The van der Waals surface area contributed by atoms with Crippen LogP contribution in [-0.2, 0) is 9.53 Å². The van der Waals surface area contributed by atoms with Gasteiger partial charge in [0.05, 0.1) is 36.6 Å². The lowest BCUT2D eigenvalue weighted by Gasteiger charge is -2.27. The Hall–Kier alpha value is -2.67. The summed E-state index contributed by atoms with van der Waals surface area (Å²) in [5.74, 6) is 1.05. The van der Waals surface area contributed by atoms with Gasteiger partial charge in [-0.05, 0) is 32.1 Å².